The highest BCUT2D eigenvalue weighted by molar-refractivity contribution is 5.89. The molecule has 8 nitrogen and oxygen atoms in total. The fourth-order valence-corrected chi connectivity index (χ4v) is 3.53. The van der Waals surface area contributed by atoms with Crippen LogP contribution >= 0.6 is 0 Å². The van der Waals surface area contributed by atoms with Crippen molar-refractivity contribution in [2.75, 3.05) is 6.54 Å². The first-order chi connectivity index (χ1) is 14.6. The van der Waals surface area contributed by atoms with Crippen LogP contribution in [-0.4, -0.2) is 46.5 Å². The van der Waals surface area contributed by atoms with Gasteiger partial charge in [0.05, 0.1) is 12.6 Å². The van der Waals surface area contributed by atoms with Crippen molar-refractivity contribution in [3.8, 4) is 5.75 Å². The van der Waals surface area contributed by atoms with Crippen molar-refractivity contribution >= 4 is 22.7 Å². The summed E-state index contributed by atoms with van der Waals surface area (Å²) in [5.41, 5.74) is 1.85. The lowest BCUT2D eigenvalue weighted by atomic mass is 10.1. The van der Waals surface area contributed by atoms with E-state index in [9.17, 15) is 9.59 Å². The third kappa shape index (κ3) is 4.77. The smallest absolute Gasteiger partial charge is 0.242 e. The maximum atomic E-state index is 12.5. The molecule has 1 aliphatic rings. The van der Waals surface area contributed by atoms with Gasteiger partial charge in [0.1, 0.15) is 17.9 Å². The zero-order valence-corrected chi connectivity index (χ0v) is 16.7. The number of aromatic amines is 1. The second-order valence-corrected chi connectivity index (χ2v) is 7.46. The van der Waals surface area contributed by atoms with Gasteiger partial charge in [0.25, 0.3) is 0 Å². The summed E-state index contributed by atoms with van der Waals surface area (Å²) in [7, 11) is 0. The molecule has 3 atom stereocenters. The van der Waals surface area contributed by atoms with Gasteiger partial charge in [0.2, 0.25) is 11.8 Å². The molecule has 4 rings (SSSR count). The summed E-state index contributed by atoms with van der Waals surface area (Å²) >= 11 is 0. The lowest BCUT2D eigenvalue weighted by molar-refractivity contribution is -0.129. The average molecular weight is 407 g/mol. The van der Waals surface area contributed by atoms with Crippen molar-refractivity contribution in [2.24, 2.45) is 0 Å². The Kier molecular flexibility index (Phi) is 5.94. The van der Waals surface area contributed by atoms with Crippen LogP contribution in [0, 0.1) is 0 Å². The third-order valence-corrected chi connectivity index (χ3v) is 5.13. The van der Waals surface area contributed by atoms with Crippen LogP contribution in [0.25, 0.3) is 10.9 Å². The number of fused-ring (bicyclic) bond motifs is 1. The van der Waals surface area contributed by atoms with Crippen molar-refractivity contribution in [3.63, 3.8) is 0 Å². The first-order valence-electron chi connectivity index (χ1n) is 10.0. The van der Waals surface area contributed by atoms with E-state index in [1.165, 1.54) is 0 Å². The van der Waals surface area contributed by atoms with Gasteiger partial charge < -0.3 is 25.7 Å². The zero-order valence-electron chi connectivity index (χ0n) is 16.7. The van der Waals surface area contributed by atoms with E-state index in [0.29, 0.717) is 19.5 Å². The molecular formula is C22H25N5O3. The highest BCUT2D eigenvalue weighted by Gasteiger charge is 2.32. The Hall–Kier alpha value is -3.39. The molecule has 0 spiro atoms. The number of benzene rings is 1. The number of ether oxygens (including phenoxy) is 1. The molecule has 3 aromatic rings. The molecule has 0 bridgehead atoms. The molecule has 30 heavy (non-hydrogen) atoms. The predicted octanol–water partition coefficient (Wildman–Crippen LogP) is 1.49. The third-order valence-electron chi connectivity index (χ3n) is 5.13. The molecule has 1 saturated heterocycles. The number of carbonyl (C=O) groups excluding carboxylic acids is 2. The summed E-state index contributed by atoms with van der Waals surface area (Å²) < 4.78 is 5.89. The molecule has 1 fully saturated rings. The fraction of sp³-hybridized carbons (Fsp3) is 0.318. The Morgan fingerprint density at radius 1 is 1.27 bits per heavy atom. The van der Waals surface area contributed by atoms with Crippen LogP contribution in [0.3, 0.4) is 0 Å². The van der Waals surface area contributed by atoms with Gasteiger partial charge >= 0.3 is 0 Å². The SMILES string of the molecule is C[C@H](NC(=O)[C@H]1C[C@H](Oc2ccccc2)CN1)C(=O)NCc1cc2cnccc2[nH]1. The maximum absolute atomic E-state index is 12.5. The van der Waals surface area contributed by atoms with E-state index < -0.39 is 6.04 Å². The number of hydrogen-bond donors (Lipinski definition) is 4. The number of para-hydroxylation sites is 1. The first-order valence-corrected chi connectivity index (χ1v) is 10.0. The van der Waals surface area contributed by atoms with E-state index in [2.05, 4.69) is 25.9 Å². The normalized spacial score (nSPS) is 19.4. The molecule has 1 aliphatic heterocycles. The quantitative estimate of drug-likeness (QED) is 0.475. The van der Waals surface area contributed by atoms with Gasteiger partial charge in [-0.3, -0.25) is 14.6 Å². The van der Waals surface area contributed by atoms with Gasteiger partial charge in [-0.15, -0.1) is 0 Å². The van der Waals surface area contributed by atoms with E-state index in [0.717, 1.165) is 22.3 Å². The second-order valence-electron chi connectivity index (χ2n) is 7.46. The molecule has 156 valence electrons. The Morgan fingerprint density at radius 2 is 2.10 bits per heavy atom. The van der Waals surface area contributed by atoms with Gasteiger partial charge in [-0.1, -0.05) is 18.2 Å². The maximum Gasteiger partial charge on any atom is 0.242 e. The van der Waals surface area contributed by atoms with Crippen molar-refractivity contribution < 1.29 is 14.3 Å². The molecule has 4 N–H and O–H groups in total. The van der Waals surface area contributed by atoms with Crippen molar-refractivity contribution in [3.05, 3.63) is 60.6 Å². The summed E-state index contributed by atoms with van der Waals surface area (Å²) in [6, 6.07) is 12.3. The number of pyridine rings is 1. The van der Waals surface area contributed by atoms with Crippen LogP contribution in [-0.2, 0) is 16.1 Å². The van der Waals surface area contributed by atoms with Gasteiger partial charge in [-0.2, -0.15) is 0 Å². The average Bonchev–Trinajstić information content (AvgIpc) is 3.39. The molecule has 0 radical (unpaired) electrons. The lowest BCUT2D eigenvalue weighted by Crippen LogP contribution is -2.49. The van der Waals surface area contributed by atoms with Crippen molar-refractivity contribution in [1.29, 1.82) is 0 Å². The number of carbonyl (C=O) groups is 2. The Morgan fingerprint density at radius 3 is 2.90 bits per heavy atom. The van der Waals surface area contributed by atoms with Gasteiger partial charge in [-0.05, 0) is 31.2 Å². The number of rotatable bonds is 7. The monoisotopic (exact) mass is 407 g/mol. The van der Waals surface area contributed by atoms with E-state index in [4.69, 9.17) is 4.74 Å². The van der Waals surface area contributed by atoms with Crippen LogP contribution < -0.4 is 20.7 Å². The summed E-state index contributed by atoms with van der Waals surface area (Å²) in [5.74, 6) is 0.342. The number of amides is 2. The second kappa shape index (κ2) is 8.96. The largest absolute Gasteiger partial charge is 0.489 e. The summed E-state index contributed by atoms with van der Waals surface area (Å²) in [4.78, 5) is 32.2. The van der Waals surface area contributed by atoms with Gasteiger partial charge in [0, 0.05) is 42.0 Å². The molecule has 2 amide bonds. The molecule has 0 aliphatic carbocycles. The molecule has 2 aromatic heterocycles. The standard InChI is InChI=1S/C22H25N5O3/c1-14(21(28)25-12-16-9-15-11-23-8-7-19(15)27-16)26-22(29)20-10-18(13-24-20)30-17-5-3-2-4-6-17/h2-9,11,14,18,20,24,27H,10,12-13H2,1H3,(H,25,28)(H,26,29)/t14-,18-,20+/m0/s1. The minimum absolute atomic E-state index is 0.0798. The molecule has 0 unspecified atom stereocenters. The first kappa shape index (κ1) is 19.9. The number of nitrogens with one attached hydrogen (secondary N) is 4. The molecule has 0 saturated carbocycles. The van der Waals surface area contributed by atoms with E-state index in [-0.39, 0.29) is 24.0 Å². The van der Waals surface area contributed by atoms with E-state index in [1.54, 1.807) is 19.3 Å². The van der Waals surface area contributed by atoms with Crippen molar-refractivity contribution in [1.82, 2.24) is 25.9 Å². The van der Waals surface area contributed by atoms with E-state index >= 15 is 0 Å². The van der Waals surface area contributed by atoms with Gasteiger partial charge in [-0.25, -0.2) is 0 Å². The van der Waals surface area contributed by atoms with Gasteiger partial charge in [0.15, 0.2) is 0 Å². The fourth-order valence-electron chi connectivity index (χ4n) is 3.53. The zero-order chi connectivity index (χ0) is 20.9. The highest BCUT2D eigenvalue weighted by Crippen LogP contribution is 2.17. The van der Waals surface area contributed by atoms with Crippen molar-refractivity contribution in [2.45, 2.75) is 38.1 Å². The van der Waals surface area contributed by atoms with Crippen LogP contribution in [0.2, 0.25) is 0 Å². The lowest BCUT2D eigenvalue weighted by Gasteiger charge is -2.17. The van der Waals surface area contributed by atoms with Crippen LogP contribution in [0.5, 0.6) is 5.75 Å². The van der Waals surface area contributed by atoms with Crippen LogP contribution in [0.1, 0.15) is 19.0 Å². The molecule has 3 heterocycles. The molecular weight excluding hydrogens is 382 g/mol. The Balaban J connectivity index is 1.23. The Bertz CT molecular complexity index is 987. The summed E-state index contributed by atoms with van der Waals surface area (Å²) in [6.07, 6.45) is 3.95. The highest BCUT2D eigenvalue weighted by atomic mass is 16.5. The summed E-state index contributed by atoms with van der Waals surface area (Å²) in [6.45, 7) is 2.61. The van der Waals surface area contributed by atoms with Crippen LogP contribution in [0.4, 0.5) is 0 Å². The minimum Gasteiger partial charge on any atom is -0.489 e. The molecule has 8 heteroatoms. The molecule has 1 aromatic carbocycles. The topological polar surface area (TPSA) is 108 Å². The number of aromatic nitrogens is 2. The van der Waals surface area contributed by atoms with Crippen LogP contribution in [0.15, 0.2) is 54.9 Å². The number of nitrogens with zero attached hydrogens (tertiary/aromatic N) is 1. The Labute approximate surface area is 174 Å². The summed E-state index contributed by atoms with van der Waals surface area (Å²) in [5, 5.41) is 9.78. The van der Waals surface area contributed by atoms with E-state index in [1.807, 2.05) is 42.5 Å². The minimum atomic E-state index is -0.639. The number of hydrogen-bond acceptors (Lipinski definition) is 5. The predicted molar refractivity (Wildman–Crippen MR) is 113 cm³/mol. The number of H-pyrrole nitrogens is 1.